The Bertz CT molecular complexity index is 147. The van der Waals surface area contributed by atoms with Gasteiger partial charge in [-0.05, 0) is 18.9 Å². The molecule has 0 spiro atoms. The molecule has 0 saturated heterocycles. The molecule has 0 aromatic rings. The minimum Gasteiger partial charge on any atom is -0.168 e. The van der Waals surface area contributed by atoms with Gasteiger partial charge in [0.1, 0.15) is 7.38 Å². The van der Waals surface area contributed by atoms with Gasteiger partial charge in [0.05, 0.1) is 0 Å². The van der Waals surface area contributed by atoms with Crippen molar-refractivity contribution in [2.75, 3.05) is 0 Å². The Morgan fingerprint density at radius 3 is 2.07 bits per heavy atom. The smallest absolute Gasteiger partial charge is 0.150 e. The largest absolute Gasteiger partial charge is 0.168 e. The Labute approximate surface area is 95.5 Å². The predicted octanol–water partition coefficient (Wildman–Crippen LogP) is 5.35. The van der Waals surface area contributed by atoms with Crippen LogP contribution in [0.1, 0.15) is 45.4 Å². The van der Waals surface area contributed by atoms with Crippen LogP contribution in [0.2, 0.25) is 19.1 Å². The van der Waals surface area contributed by atoms with Crippen molar-refractivity contribution in [3.63, 3.8) is 0 Å². The van der Waals surface area contributed by atoms with E-state index in [2.05, 4.69) is 32.2 Å². The first kappa shape index (κ1) is 14.2. The zero-order valence-corrected chi connectivity index (χ0v) is 11.7. The summed E-state index contributed by atoms with van der Waals surface area (Å²) in [5.74, 6) is 0. The Hall–Kier alpha value is 0.247. The van der Waals surface area contributed by atoms with E-state index < -0.39 is 7.38 Å². The van der Waals surface area contributed by atoms with E-state index in [0.717, 1.165) is 0 Å². The second kappa shape index (κ2) is 8.55. The number of halogens is 1. The van der Waals surface area contributed by atoms with Crippen LogP contribution in [-0.2, 0) is 0 Å². The molecule has 0 fully saturated rings. The molecule has 0 heterocycles. The fourth-order valence-corrected chi connectivity index (χ4v) is 2.86. The predicted molar refractivity (Wildman–Crippen MR) is 70.7 cm³/mol. The van der Waals surface area contributed by atoms with Crippen molar-refractivity contribution in [3.8, 4) is 0 Å². The van der Waals surface area contributed by atoms with Crippen molar-refractivity contribution in [2.24, 2.45) is 0 Å². The van der Waals surface area contributed by atoms with E-state index in [0.29, 0.717) is 0 Å². The molecular formula is C12H25ClSi. The molecular weight excluding hydrogens is 208 g/mol. The van der Waals surface area contributed by atoms with Gasteiger partial charge in [-0.3, -0.25) is 0 Å². The van der Waals surface area contributed by atoms with Crippen LogP contribution in [0.15, 0.2) is 12.2 Å². The number of hydrogen-bond donors (Lipinski definition) is 0. The molecule has 84 valence electrons. The monoisotopic (exact) mass is 232 g/mol. The Balaban J connectivity index is 3.17. The van der Waals surface area contributed by atoms with Crippen LogP contribution in [-0.4, -0.2) is 7.38 Å². The second-order valence-electron chi connectivity index (χ2n) is 4.58. The Morgan fingerprint density at radius 1 is 1.00 bits per heavy atom. The normalized spacial score (nSPS) is 12.6. The molecule has 2 heteroatoms. The summed E-state index contributed by atoms with van der Waals surface area (Å²) in [6, 6.07) is 1.26. The molecule has 0 nitrogen and oxygen atoms in total. The highest BCUT2D eigenvalue weighted by atomic mass is 35.6. The highest BCUT2D eigenvalue weighted by molar-refractivity contribution is 7.19. The van der Waals surface area contributed by atoms with Crippen LogP contribution in [0.5, 0.6) is 0 Å². The van der Waals surface area contributed by atoms with E-state index in [1.807, 2.05) is 0 Å². The fourth-order valence-electron chi connectivity index (χ4n) is 1.37. The van der Waals surface area contributed by atoms with Crippen LogP contribution in [0, 0.1) is 0 Å². The topological polar surface area (TPSA) is 0 Å². The minimum atomic E-state index is -1.29. The molecule has 0 aliphatic rings. The van der Waals surface area contributed by atoms with E-state index >= 15 is 0 Å². The van der Waals surface area contributed by atoms with Crippen LogP contribution >= 0.6 is 11.1 Å². The second-order valence-corrected chi connectivity index (χ2v) is 11.6. The summed E-state index contributed by atoms with van der Waals surface area (Å²) < 4.78 is 0. The number of rotatable bonds is 8. The maximum absolute atomic E-state index is 6.24. The van der Waals surface area contributed by atoms with Crippen molar-refractivity contribution in [3.05, 3.63) is 12.2 Å². The average Bonchev–Trinajstić information content (AvgIpc) is 2.08. The van der Waals surface area contributed by atoms with Crippen molar-refractivity contribution >= 4 is 18.5 Å². The lowest BCUT2D eigenvalue weighted by Gasteiger charge is -2.11. The summed E-state index contributed by atoms with van der Waals surface area (Å²) in [7, 11) is -1.29. The SMILES string of the molecule is CCCC/C=C/CCCC[Si](C)(C)Cl. The molecule has 0 aliphatic carbocycles. The van der Waals surface area contributed by atoms with Gasteiger partial charge in [-0.2, -0.15) is 11.1 Å². The third kappa shape index (κ3) is 12.2. The summed E-state index contributed by atoms with van der Waals surface area (Å²) in [5, 5.41) is 0. The third-order valence-corrected chi connectivity index (χ3v) is 4.39. The molecule has 0 bridgehead atoms. The van der Waals surface area contributed by atoms with Gasteiger partial charge in [-0.25, -0.2) is 0 Å². The minimum absolute atomic E-state index is 1.24. The summed E-state index contributed by atoms with van der Waals surface area (Å²) in [6.07, 6.45) is 12.4. The van der Waals surface area contributed by atoms with Gasteiger partial charge in [-0.15, -0.1) is 0 Å². The molecule has 0 radical (unpaired) electrons. The number of hydrogen-bond acceptors (Lipinski definition) is 0. The highest BCUT2D eigenvalue weighted by Gasteiger charge is 2.14. The van der Waals surface area contributed by atoms with Gasteiger partial charge in [0, 0.05) is 0 Å². The first-order chi connectivity index (χ1) is 6.56. The third-order valence-electron chi connectivity index (χ3n) is 2.28. The van der Waals surface area contributed by atoms with Crippen LogP contribution in [0.25, 0.3) is 0 Å². The quantitative estimate of drug-likeness (QED) is 0.229. The zero-order valence-electron chi connectivity index (χ0n) is 9.98. The molecule has 0 atom stereocenters. The molecule has 0 amide bonds. The maximum Gasteiger partial charge on any atom is 0.150 e. The van der Waals surface area contributed by atoms with E-state index in [-0.39, 0.29) is 0 Å². The summed E-state index contributed by atoms with van der Waals surface area (Å²) in [5.41, 5.74) is 0. The van der Waals surface area contributed by atoms with Crippen LogP contribution in [0.3, 0.4) is 0 Å². The first-order valence-electron chi connectivity index (χ1n) is 5.90. The molecule has 0 aromatic carbocycles. The standard InChI is InChI=1S/C12H25ClSi/c1-4-5-6-7-8-9-10-11-12-14(2,3)13/h7-8H,4-6,9-12H2,1-3H3/b8-7+. The molecule has 0 unspecified atom stereocenters. The molecule has 0 aliphatic heterocycles. The van der Waals surface area contributed by atoms with Gasteiger partial charge in [0.2, 0.25) is 0 Å². The molecule has 0 rings (SSSR count). The molecule has 0 N–H and O–H groups in total. The molecule has 0 aromatic heterocycles. The van der Waals surface area contributed by atoms with Crippen molar-refractivity contribution < 1.29 is 0 Å². The Kier molecular flexibility index (Phi) is 8.70. The number of allylic oxidation sites excluding steroid dienone is 2. The van der Waals surface area contributed by atoms with Gasteiger partial charge in [-0.1, -0.05) is 57.9 Å². The van der Waals surface area contributed by atoms with Gasteiger partial charge < -0.3 is 0 Å². The first-order valence-corrected chi connectivity index (χ1v) is 10.1. The molecule has 0 saturated carbocycles. The molecule has 14 heavy (non-hydrogen) atoms. The summed E-state index contributed by atoms with van der Waals surface area (Å²) in [4.78, 5) is 0. The van der Waals surface area contributed by atoms with E-state index in [1.54, 1.807) is 0 Å². The van der Waals surface area contributed by atoms with Crippen LogP contribution < -0.4 is 0 Å². The lowest BCUT2D eigenvalue weighted by Crippen LogP contribution is -2.14. The lowest BCUT2D eigenvalue weighted by molar-refractivity contribution is 0.789. The van der Waals surface area contributed by atoms with Crippen LogP contribution in [0.4, 0.5) is 0 Å². The van der Waals surface area contributed by atoms with E-state index in [4.69, 9.17) is 11.1 Å². The van der Waals surface area contributed by atoms with Gasteiger partial charge in [0.15, 0.2) is 0 Å². The van der Waals surface area contributed by atoms with Gasteiger partial charge >= 0.3 is 0 Å². The summed E-state index contributed by atoms with van der Waals surface area (Å²) in [6.45, 7) is 6.69. The summed E-state index contributed by atoms with van der Waals surface area (Å²) >= 11 is 6.24. The van der Waals surface area contributed by atoms with Crippen molar-refractivity contribution in [2.45, 2.75) is 64.6 Å². The van der Waals surface area contributed by atoms with Gasteiger partial charge in [0.25, 0.3) is 0 Å². The van der Waals surface area contributed by atoms with Crippen molar-refractivity contribution in [1.82, 2.24) is 0 Å². The average molecular weight is 233 g/mol. The Morgan fingerprint density at radius 2 is 1.57 bits per heavy atom. The lowest BCUT2D eigenvalue weighted by atomic mass is 10.2. The zero-order chi connectivity index (χ0) is 10.9. The fraction of sp³-hybridized carbons (Fsp3) is 0.833. The maximum atomic E-state index is 6.24. The highest BCUT2D eigenvalue weighted by Crippen LogP contribution is 2.18. The van der Waals surface area contributed by atoms with Crippen molar-refractivity contribution in [1.29, 1.82) is 0 Å². The number of unbranched alkanes of at least 4 members (excludes halogenated alkanes) is 4. The van der Waals surface area contributed by atoms with E-state index in [1.165, 1.54) is 44.6 Å². The van der Waals surface area contributed by atoms with E-state index in [9.17, 15) is 0 Å².